The summed E-state index contributed by atoms with van der Waals surface area (Å²) in [5.74, 6) is 1.58. The molecule has 1 saturated carbocycles. The molecule has 0 bridgehead atoms. The van der Waals surface area contributed by atoms with Crippen LogP contribution in [-0.4, -0.2) is 25.0 Å². The van der Waals surface area contributed by atoms with Crippen molar-refractivity contribution in [2.24, 2.45) is 17.6 Å². The van der Waals surface area contributed by atoms with Gasteiger partial charge in [-0.25, -0.2) is 0 Å². The summed E-state index contributed by atoms with van der Waals surface area (Å²) < 4.78 is 0. The number of nitrogens with two attached hydrogens (primary N) is 1. The Morgan fingerprint density at radius 1 is 1.29 bits per heavy atom. The van der Waals surface area contributed by atoms with Gasteiger partial charge in [0, 0.05) is 13.1 Å². The average molecular weight is 232 g/mol. The molecule has 17 heavy (non-hydrogen) atoms. The van der Waals surface area contributed by atoms with Crippen molar-refractivity contribution in [3.05, 3.63) is 35.9 Å². The molecule has 1 unspecified atom stereocenters. The highest BCUT2D eigenvalue weighted by Gasteiger charge is 2.26. The van der Waals surface area contributed by atoms with Crippen molar-refractivity contribution in [2.75, 3.05) is 20.1 Å². The molecule has 2 nitrogen and oxygen atoms in total. The van der Waals surface area contributed by atoms with E-state index in [1.807, 2.05) is 0 Å². The first-order valence-electron chi connectivity index (χ1n) is 6.72. The summed E-state index contributed by atoms with van der Waals surface area (Å²) in [6.45, 7) is 3.00. The molecule has 1 atom stereocenters. The predicted octanol–water partition coefficient (Wildman–Crippen LogP) is 2.49. The minimum Gasteiger partial charge on any atom is -0.330 e. The number of rotatable bonds is 6. The molecular formula is C15H24N2. The molecule has 0 spiro atoms. The van der Waals surface area contributed by atoms with E-state index in [1.54, 1.807) is 0 Å². The quantitative estimate of drug-likeness (QED) is 0.816. The lowest BCUT2D eigenvalue weighted by molar-refractivity contribution is 0.156. The molecule has 2 rings (SSSR count). The van der Waals surface area contributed by atoms with E-state index in [-0.39, 0.29) is 0 Å². The Kier molecular flexibility index (Phi) is 4.57. The van der Waals surface area contributed by atoms with Gasteiger partial charge in [-0.15, -0.1) is 0 Å². The molecule has 2 N–H and O–H groups in total. The number of hydrogen-bond acceptors (Lipinski definition) is 2. The van der Waals surface area contributed by atoms with Crippen LogP contribution in [0, 0.1) is 11.8 Å². The highest BCUT2D eigenvalue weighted by molar-refractivity contribution is 5.14. The summed E-state index contributed by atoms with van der Waals surface area (Å²) in [4.78, 5) is 2.41. The van der Waals surface area contributed by atoms with Gasteiger partial charge >= 0.3 is 0 Å². The highest BCUT2D eigenvalue weighted by Crippen LogP contribution is 2.33. The summed E-state index contributed by atoms with van der Waals surface area (Å²) in [7, 11) is 2.20. The van der Waals surface area contributed by atoms with Crippen LogP contribution in [0.3, 0.4) is 0 Å². The smallest absolute Gasteiger partial charge is 0.0230 e. The fourth-order valence-electron chi connectivity index (χ4n) is 2.69. The number of nitrogens with zero attached hydrogens (tertiary/aromatic N) is 1. The maximum Gasteiger partial charge on any atom is 0.0230 e. The first-order chi connectivity index (χ1) is 8.29. The van der Waals surface area contributed by atoms with Crippen molar-refractivity contribution in [1.82, 2.24) is 4.90 Å². The average Bonchev–Trinajstić information content (AvgIpc) is 2.27. The molecule has 0 heterocycles. The van der Waals surface area contributed by atoms with E-state index in [2.05, 4.69) is 42.3 Å². The van der Waals surface area contributed by atoms with Gasteiger partial charge in [-0.3, -0.25) is 0 Å². The van der Waals surface area contributed by atoms with E-state index < -0.39 is 0 Å². The summed E-state index contributed by atoms with van der Waals surface area (Å²) in [5.41, 5.74) is 7.29. The van der Waals surface area contributed by atoms with Crippen molar-refractivity contribution in [2.45, 2.75) is 25.8 Å². The molecule has 0 radical (unpaired) electrons. The molecule has 1 aromatic rings. The zero-order chi connectivity index (χ0) is 12.1. The lowest BCUT2D eigenvalue weighted by Crippen LogP contribution is -2.37. The summed E-state index contributed by atoms with van der Waals surface area (Å²) in [5, 5.41) is 0. The van der Waals surface area contributed by atoms with Gasteiger partial charge in [-0.05, 0) is 31.0 Å². The van der Waals surface area contributed by atoms with Gasteiger partial charge in [0.2, 0.25) is 0 Å². The van der Waals surface area contributed by atoms with Gasteiger partial charge in [-0.2, -0.15) is 0 Å². The zero-order valence-electron chi connectivity index (χ0n) is 10.8. The first kappa shape index (κ1) is 12.6. The second-order valence-electron chi connectivity index (χ2n) is 5.37. The van der Waals surface area contributed by atoms with Gasteiger partial charge in [0.15, 0.2) is 0 Å². The third-order valence-corrected chi connectivity index (χ3v) is 3.96. The van der Waals surface area contributed by atoms with Gasteiger partial charge in [0.25, 0.3) is 0 Å². The normalized spacial score (nSPS) is 18.1. The van der Waals surface area contributed by atoms with Gasteiger partial charge in [0.1, 0.15) is 0 Å². The van der Waals surface area contributed by atoms with Crippen LogP contribution in [0.25, 0.3) is 0 Å². The Labute approximate surface area is 105 Å². The van der Waals surface area contributed by atoms with Crippen LogP contribution < -0.4 is 5.73 Å². The Morgan fingerprint density at radius 3 is 2.53 bits per heavy atom. The summed E-state index contributed by atoms with van der Waals surface area (Å²) >= 11 is 0. The topological polar surface area (TPSA) is 29.3 Å². The second-order valence-corrected chi connectivity index (χ2v) is 5.37. The molecule has 1 aliphatic rings. The Morgan fingerprint density at radius 2 is 2.00 bits per heavy atom. The van der Waals surface area contributed by atoms with Gasteiger partial charge in [-0.1, -0.05) is 49.6 Å². The van der Waals surface area contributed by atoms with Crippen LogP contribution >= 0.6 is 0 Å². The molecule has 0 amide bonds. The molecule has 1 aromatic carbocycles. The van der Waals surface area contributed by atoms with E-state index in [9.17, 15) is 0 Å². The van der Waals surface area contributed by atoms with E-state index in [1.165, 1.54) is 24.8 Å². The van der Waals surface area contributed by atoms with E-state index in [0.29, 0.717) is 5.92 Å². The lowest BCUT2D eigenvalue weighted by Gasteiger charge is -2.35. The highest BCUT2D eigenvalue weighted by atomic mass is 15.1. The van der Waals surface area contributed by atoms with Crippen LogP contribution in [-0.2, 0) is 6.54 Å². The number of hydrogen-bond donors (Lipinski definition) is 1. The Hall–Kier alpha value is -0.860. The largest absolute Gasteiger partial charge is 0.330 e. The predicted molar refractivity (Wildman–Crippen MR) is 72.7 cm³/mol. The van der Waals surface area contributed by atoms with Gasteiger partial charge in [0.05, 0.1) is 0 Å². The third-order valence-electron chi connectivity index (χ3n) is 3.96. The minimum absolute atomic E-state index is 0.692. The number of benzene rings is 1. The maximum atomic E-state index is 5.90. The van der Waals surface area contributed by atoms with Crippen LogP contribution in [0.5, 0.6) is 0 Å². The third kappa shape index (κ3) is 3.55. The molecule has 94 valence electrons. The van der Waals surface area contributed by atoms with E-state index in [4.69, 9.17) is 5.73 Å². The van der Waals surface area contributed by atoms with Crippen molar-refractivity contribution in [3.63, 3.8) is 0 Å². The van der Waals surface area contributed by atoms with Crippen molar-refractivity contribution in [1.29, 1.82) is 0 Å². The fourth-order valence-corrected chi connectivity index (χ4v) is 2.69. The van der Waals surface area contributed by atoms with Crippen LogP contribution in [0.2, 0.25) is 0 Å². The fraction of sp³-hybridized carbons (Fsp3) is 0.600. The van der Waals surface area contributed by atoms with Gasteiger partial charge < -0.3 is 10.6 Å². The molecule has 1 fully saturated rings. The second kappa shape index (κ2) is 6.18. The molecule has 0 aliphatic heterocycles. The van der Waals surface area contributed by atoms with Crippen LogP contribution in [0.4, 0.5) is 0 Å². The first-order valence-corrected chi connectivity index (χ1v) is 6.72. The zero-order valence-corrected chi connectivity index (χ0v) is 10.8. The SMILES string of the molecule is CN(Cc1ccccc1)CC(CN)C1CCC1. The Balaban J connectivity index is 1.81. The standard InChI is InChI=1S/C15H24N2/c1-17(11-13-6-3-2-4-7-13)12-15(10-16)14-8-5-9-14/h2-4,6-7,14-15H,5,8-12,16H2,1H3. The van der Waals surface area contributed by atoms with Crippen molar-refractivity contribution in [3.8, 4) is 0 Å². The monoisotopic (exact) mass is 232 g/mol. The lowest BCUT2D eigenvalue weighted by atomic mass is 9.75. The minimum atomic E-state index is 0.692. The molecule has 0 saturated heterocycles. The van der Waals surface area contributed by atoms with Crippen molar-refractivity contribution >= 4 is 0 Å². The molecular weight excluding hydrogens is 208 g/mol. The molecule has 2 heteroatoms. The summed E-state index contributed by atoms with van der Waals surface area (Å²) in [6.07, 6.45) is 4.19. The van der Waals surface area contributed by atoms with Crippen molar-refractivity contribution < 1.29 is 0 Å². The Bertz CT molecular complexity index is 319. The summed E-state index contributed by atoms with van der Waals surface area (Å²) in [6, 6.07) is 10.7. The van der Waals surface area contributed by atoms with E-state index in [0.717, 1.165) is 25.6 Å². The van der Waals surface area contributed by atoms with Crippen LogP contribution in [0.15, 0.2) is 30.3 Å². The molecule has 0 aromatic heterocycles. The van der Waals surface area contributed by atoms with E-state index >= 15 is 0 Å². The maximum absolute atomic E-state index is 5.90. The van der Waals surface area contributed by atoms with Crippen LogP contribution in [0.1, 0.15) is 24.8 Å². The molecule has 1 aliphatic carbocycles.